The zero-order valence-electron chi connectivity index (χ0n) is 2.02. The van der Waals surface area contributed by atoms with Crippen LogP contribution in [-0.2, 0) is 32.7 Å². The predicted molar refractivity (Wildman–Crippen MR) is 6.40 cm³/mol. The molecule has 3 nitrogen and oxygen atoms in total. The number of hydrogen-bond donors (Lipinski definition) is 1. The second-order valence-electron chi connectivity index (χ2n) is 0. The van der Waals surface area contributed by atoms with E-state index in [-0.39, 0.29) is 38.8 Å². The first-order valence-electron chi connectivity index (χ1n) is 0. The maximum atomic E-state index is 0. The molecule has 0 radical (unpaired) electrons. The van der Waals surface area contributed by atoms with Gasteiger partial charge in [-0.25, -0.2) is 0 Å². The van der Waals surface area contributed by atoms with Crippen molar-refractivity contribution in [3.05, 3.63) is 0 Å². The Morgan fingerprint density at radius 1 is 0.750 bits per heavy atom. The molecule has 0 fully saturated rings. The van der Waals surface area contributed by atoms with E-state index in [1.807, 2.05) is 0 Å². The Hall–Kier alpha value is 0.594. The van der Waals surface area contributed by atoms with Gasteiger partial charge in [-0.1, -0.05) is 0 Å². The van der Waals surface area contributed by atoms with Crippen molar-refractivity contribution in [2.75, 3.05) is 0 Å². The zero-order valence-corrected chi connectivity index (χ0v) is 3.59. The second kappa shape index (κ2) is 68.5. The fourth-order valence-electron chi connectivity index (χ4n) is 0. The summed E-state index contributed by atoms with van der Waals surface area (Å²) in [5, 5.41) is 0. The van der Waals surface area contributed by atoms with E-state index in [4.69, 9.17) is 0 Å². The molecule has 0 rings (SSSR count). The van der Waals surface area contributed by atoms with E-state index in [0.717, 1.165) is 0 Å². The van der Waals surface area contributed by atoms with Crippen LogP contribution in [0.25, 0.3) is 0 Å². The maximum Gasteiger partial charge on any atom is 4.00 e. The van der Waals surface area contributed by atoms with Gasteiger partial charge in [0.25, 0.3) is 0 Å². The van der Waals surface area contributed by atoms with E-state index in [1.165, 1.54) is 0 Å². The van der Waals surface area contributed by atoms with Crippen LogP contribution < -0.4 is 6.15 Å². The molecule has 24 valence electrons. The van der Waals surface area contributed by atoms with E-state index in [1.54, 1.807) is 0 Å². The predicted octanol–water partition coefficient (Wildman–Crippen LogP) is -0.0781. The van der Waals surface area contributed by atoms with Gasteiger partial charge in [-0.05, 0) is 0 Å². The molecule has 0 bridgehead atoms. The topological polar surface area (TPSA) is 92.0 Å². The van der Waals surface area contributed by atoms with Crippen molar-refractivity contribution in [2.24, 2.45) is 0 Å². The molecule has 0 atom stereocenters. The van der Waals surface area contributed by atoms with Gasteiger partial charge in [-0.2, -0.15) is 0 Å². The molecule has 0 aliphatic rings. The molecule has 0 aromatic rings. The fraction of sp³-hybridized carbons (Fsp3) is 0. The second-order valence-corrected chi connectivity index (χ2v) is 0. The Morgan fingerprint density at radius 3 is 0.750 bits per heavy atom. The zero-order chi connectivity index (χ0) is 0. The summed E-state index contributed by atoms with van der Waals surface area (Å²) in [4.78, 5) is 0. The molecule has 0 heterocycles. The van der Waals surface area contributed by atoms with Gasteiger partial charge in [0.1, 0.15) is 0 Å². The van der Waals surface area contributed by atoms with Crippen molar-refractivity contribution in [3.8, 4) is 0 Å². The average Bonchev–Trinajstić information content (AvgIpc) is 0. The molecule has 0 aliphatic carbocycles. The third kappa shape index (κ3) is 18.7. The molecule has 0 saturated heterocycles. The SMILES string of the molecule is N.[O-2].[O-2].[Ti+4]. The van der Waals surface area contributed by atoms with Crippen LogP contribution in [0.2, 0.25) is 0 Å². The monoisotopic (exact) mass is 97.0 g/mol. The van der Waals surface area contributed by atoms with Gasteiger partial charge in [0.2, 0.25) is 0 Å². The van der Waals surface area contributed by atoms with Gasteiger partial charge in [-0.15, -0.1) is 0 Å². The smallest absolute Gasteiger partial charge is 2.00 e. The Kier molecular flexibility index (Phi) is 2880. The van der Waals surface area contributed by atoms with E-state index in [9.17, 15) is 0 Å². The molecule has 0 aliphatic heterocycles. The standard InChI is InChI=1S/H3N.2O.Ti/h1H3;;;/q;2*-2;+4. The summed E-state index contributed by atoms with van der Waals surface area (Å²) in [5.74, 6) is 0. The van der Waals surface area contributed by atoms with Gasteiger partial charge in [-0.3, -0.25) is 0 Å². The minimum Gasteiger partial charge on any atom is -2.00 e. The summed E-state index contributed by atoms with van der Waals surface area (Å²) in [5.41, 5.74) is 0. The van der Waals surface area contributed by atoms with Crippen molar-refractivity contribution in [3.63, 3.8) is 0 Å². The summed E-state index contributed by atoms with van der Waals surface area (Å²) >= 11 is 0. The van der Waals surface area contributed by atoms with E-state index < -0.39 is 0 Å². The van der Waals surface area contributed by atoms with E-state index >= 15 is 0 Å². The van der Waals surface area contributed by atoms with Crippen molar-refractivity contribution in [1.82, 2.24) is 6.15 Å². The quantitative estimate of drug-likeness (QED) is 0.420. The normalized spacial score (nSPS) is 0. The van der Waals surface area contributed by atoms with Crippen LogP contribution in [0.15, 0.2) is 0 Å². The number of rotatable bonds is 0. The Balaban J connectivity index is 0. The molecular weight excluding hydrogens is 93.9 g/mol. The molecule has 0 saturated carbocycles. The van der Waals surface area contributed by atoms with E-state index in [2.05, 4.69) is 0 Å². The molecule has 0 unspecified atom stereocenters. The van der Waals surface area contributed by atoms with Crippen molar-refractivity contribution in [1.29, 1.82) is 0 Å². The van der Waals surface area contributed by atoms with Gasteiger partial charge in [0.15, 0.2) is 0 Å². The summed E-state index contributed by atoms with van der Waals surface area (Å²) in [7, 11) is 0. The maximum absolute atomic E-state index is 0. The largest absolute Gasteiger partial charge is 4.00 e. The average molecular weight is 96.9 g/mol. The minimum atomic E-state index is 0. The fourth-order valence-corrected chi connectivity index (χ4v) is 0. The third-order valence-corrected chi connectivity index (χ3v) is 0. The van der Waals surface area contributed by atoms with Crippen LogP contribution in [-0.4, -0.2) is 0 Å². The van der Waals surface area contributed by atoms with Crippen LogP contribution in [0.3, 0.4) is 0 Å². The Morgan fingerprint density at radius 2 is 0.750 bits per heavy atom. The molecule has 3 N–H and O–H groups in total. The van der Waals surface area contributed by atoms with Crippen LogP contribution in [0, 0.1) is 0 Å². The first kappa shape index (κ1) is 168. The van der Waals surface area contributed by atoms with Crippen LogP contribution in [0.5, 0.6) is 0 Å². The summed E-state index contributed by atoms with van der Waals surface area (Å²) in [6, 6.07) is 0. The molecule has 4 heteroatoms. The molecule has 0 spiro atoms. The molecule has 4 heavy (non-hydrogen) atoms. The first-order chi connectivity index (χ1) is 0. The minimum absolute atomic E-state index is 0. The molecule has 0 aromatic heterocycles. The Labute approximate surface area is 39.5 Å². The number of hydrogen-bond acceptors (Lipinski definition) is 1. The molecule has 0 aromatic carbocycles. The van der Waals surface area contributed by atoms with Crippen molar-refractivity contribution < 1.29 is 32.7 Å². The summed E-state index contributed by atoms with van der Waals surface area (Å²) < 4.78 is 0. The van der Waals surface area contributed by atoms with Crippen molar-refractivity contribution in [2.45, 2.75) is 0 Å². The van der Waals surface area contributed by atoms with Crippen LogP contribution in [0.1, 0.15) is 0 Å². The molecular formula is H3NO2Ti. The first-order valence-corrected chi connectivity index (χ1v) is 0. The van der Waals surface area contributed by atoms with Crippen LogP contribution in [0.4, 0.5) is 0 Å². The van der Waals surface area contributed by atoms with Gasteiger partial charge in [0, 0.05) is 0 Å². The Bertz CT molecular complexity index is 6.00. The van der Waals surface area contributed by atoms with Crippen LogP contribution >= 0.6 is 0 Å². The van der Waals surface area contributed by atoms with Gasteiger partial charge >= 0.3 is 21.7 Å². The third-order valence-electron chi connectivity index (χ3n) is 0. The van der Waals surface area contributed by atoms with Gasteiger partial charge < -0.3 is 17.1 Å². The molecule has 0 amide bonds. The summed E-state index contributed by atoms with van der Waals surface area (Å²) in [6.45, 7) is 0. The van der Waals surface area contributed by atoms with E-state index in [0.29, 0.717) is 0 Å². The van der Waals surface area contributed by atoms with Gasteiger partial charge in [0.05, 0.1) is 0 Å². The summed E-state index contributed by atoms with van der Waals surface area (Å²) in [6.07, 6.45) is 0. The van der Waals surface area contributed by atoms with Crippen molar-refractivity contribution >= 4 is 0 Å².